The maximum absolute atomic E-state index is 10.7. The van der Waals surface area contributed by atoms with E-state index < -0.39 is 5.97 Å². The number of para-hydroxylation sites is 1. The summed E-state index contributed by atoms with van der Waals surface area (Å²) in [5, 5.41) is 12.7. The van der Waals surface area contributed by atoms with E-state index in [2.05, 4.69) is 9.68 Å². The van der Waals surface area contributed by atoms with Gasteiger partial charge in [-0.1, -0.05) is 28.9 Å². The van der Waals surface area contributed by atoms with Crippen LogP contribution in [-0.4, -0.2) is 16.2 Å². The number of halogens is 1. The molecule has 0 atom stereocenters. The van der Waals surface area contributed by atoms with Crippen LogP contribution >= 0.6 is 11.6 Å². The Morgan fingerprint density at radius 2 is 2.24 bits per heavy atom. The first-order chi connectivity index (χ1) is 8.18. The van der Waals surface area contributed by atoms with Gasteiger partial charge in [-0.05, 0) is 12.1 Å². The smallest absolute Gasteiger partial charge is 0.375 e. The van der Waals surface area contributed by atoms with E-state index in [4.69, 9.17) is 21.4 Å². The number of aromatic nitrogens is 1. The Morgan fingerprint density at radius 3 is 2.94 bits per heavy atom. The van der Waals surface area contributed by atoms with Crippen LogP contribution in [0.1, 0.15) is 16.1 Å². The molecule has 0 aliphatic rings. The Labute approximate surface area is 102 Å². The van der Waals surface area contributed by atoms with Crippen LogP contribution in [0.2, 0.25) is 5.02 Å². The number of carboxylic acid groups (broad SMARTS) is 1. The van der Waals surface area contributed by atoms with Crippen molar-refractivity contribution in [2.24, 2.45) is 0 Å². The first-order valence-electron chi connectivity index (χ1n) is 4.72. The Hall–Kier alpha value is -2.01. The molecule has 0 amide bonds. The van der Waals surface area contributed by atoms with Gasteiger partial charge in [-0.15, -0.1) is 0 Å². The van der Waals surface area contributed by atoms with Crippen molar-refractivity contribution in [3.05, 3.63) is 46.8 Å². The van der Waals surface area contributed by atoms with Crippen LogP contribution in [0.15, 0.2) is 35.0 Å². The Balaban J connectivity index is 2.10. The summed E-state index contributed by atoms with van der Waals surface area (Å²) in [6, 6.07) is 6.92. The number of hydrogen-bond donors (Lipinski definition) is 1. The van der Waals surface area contributed by atoms with E-state index >= 15 is 0 Å². The highest BCUT2D eigenvalue weighted by Crippen LogP contribution is 2.24. The van der Waals surface area contributed by atoms with Gasteiger partial charge in [0.25, 0.3) is 5.76 Å². The van der Waals surface area contributed by atoms with Gasteiger partial charge in [0.1, 0.15) is 12.4 Å². The molecule has 0 radical (unpaired) electrons. The van der Waals surface area contributed by atoms with Gasteiger partial charge in [0.2, 0.25) is 0 Å². The maximum atomic E-state index is 10.7. The highest BCUT2D eigenvalue weighted by molar-refractivity contribution is 6.32. The van der Waals surface area contributed by atoms with Crippen LogP contribution in [-0.2, 0) is 6.61 Å². The van der Waals surface area contributed by atoms with Crippen LogP contribution in [0, 0.1) is 0 Å². The van der Waals surface area contributed by atoms with E-state index in [9.17, 15) is 4.79 Å². The third-order valence-electron chi connectivity index (χ3n) is 2.06. The van der Waals surface area contributed by atoms with Crippen molar-refractivity contribution < 1.29 is 19.2 Å². The predicted octanol–water partition coefficient (Wildman–Crippen LogP) is 2.61. The number of hydrogen-bond acceptors (Lipinski definition) is 4. The molecule has 0 saturated carbocycles. The van der Waals surface area contributed by atoms with Crippen molar-refractivity contribution in [1.29, 1.82) is 0 Å². The molecular formula is C11H8ClNO4. The Bertz CT molecular complexity index is 538. The van der Waals surface area contributed by atoms with E-state index in [1.807, 2.05) is 0 Å². The van der Waals surface area contributed by atoms with Crippen molar-refractivity contribution in [3.63, 3.8) is 0 Å². The molecule has 1 N–H and O–H groups in total. The Kier molecular flexibility index (Phi) is 3.30. The second-order valence-corrected chi connectivity index (χ2v) is 3.61. The van der Waals surface area contributed by atoms with Gasteiger partial charge >= 0.3 is 5.97 Å². The molecule has 0 saturated heterocycles. The number of aromatic carboxylic acids is 1. The van der Waals surface area contributed by atoms with Gasteiger partial charge < -0.3 is 14.4 Å². The fraction of sp³-hybridized carbons (Fsp3) is 0.0909. The molecule has 2 rings (SSSR count). The van der Waals surface area contributed by atoms with Gasteiger partial charge in [0, 0.05) is 0 Å². The molecule has 0 unspecified atom stereocenters. The molecular weight excluding hydrogens is 246 g/mol. The number of nitrogens with zero attached hydrogens (tertiary/aromatic N) is 1. The number of ether oxygens (including phenoxy) is 1. The normalized spacial score (nSPS) is 10.2. The molecule has 0 bridgehead atoms. The van der Waals surface area contributed by atoms with Gasteiger partial charge in [0.05, 0.1) is 16.8 Å². The molecule has 1 heterocycles. The minimum absolute atomic E-state index is 0.0366. The molecule has 6 heteroatoms. The maximum Gasteiger partial charge on any atom is 0.375 e. The third kappa shape index (κ3) is 2.57. The molecule has 0 fully saturated rings. The van der Waals surface area contributed by atoms with Crippen molar-refractivity contribution in [3.8, 4) is 5.75 Å². The molecule has 1 aromatic heterocycles. The average molecular weight is 254 g/mol. The summed E-state index contributed by atoms with van der Waals surface area (Å²) < 4.78 is 9.96. The molecule has 1 aromatic carbocycles. The van der Waals surface area contributed by atoms with Crippen molar-refractivity contribution in [2.75, 3.05) is 0 Å². The number of carboxylic acids is 1. The standard InChI is InChI=1S/C11H8ClNO4/c12-8-3-1-2-4-9(8)16-6-7-5-13-17-10(7)11(14)15/h1-5H,6H2,(H,14,15). The van der Waals surface area contributed by atoms with Crippen molar-refractivity contribution >= 4 is 17.6 Å². The van der Waals surface area contributed by atoms with Crippen molar-refractivity contribution in [1.82, 2.24) is 5.16 Å². The molecule has 88 valence electrons. The summed E-state index contributed by atoms with van der Waals surface area (Å²) in [7, 11) is 0. The third-order valence-corrected chi connectivity index (χ3v) is 2.37. The zero-order valence-electron chi connectivity index (χ0n) is 8.59. The highest BCUT2D eigenvalue weighted by atomic mass is 35.5. The zero-order chi connectivity index (χ0) is 12.3. The fourth-order valence-corrected chi connectivity index (χ4v) is 1.45. The number of rotatable bonds is 4. The fourth-order valence-electron chi connectivity index (χ4n) is 1.26. The summed E-state index contributed by atoms with van der Waals surface area (Å²) >= 11 is 5.89. The van der Waals surface area contributed by atoms with Gasteiger partial charge in [-0.25, -0.2) is 4.79 Å². The first-order valence-corrected chi connectivity index (χ1v) is 5.10. The van der Waals surface area contributed by atoms with E-state index in [1.165, 1.54) is 6.20 Å². The summed E-state index contributed by atoms with van der Waals surface area (Å²) in [4.78, 5) is 10.7. The lowest BCUT2D eigenvalue weighted by atomic mass is 10.3. The minimum Gasteiger partial charge on any atom is -0.487 e. The van der Waals surface area contributed by atoms with E-state index in [1.54, 1.807) is 24.3 Å². The minimum atomic E-state index is -1.18. The first kappa shape index (κ1) is 11.5. The largest absolute Gasteiger partial charge is 0.487 e. The monoisotopic (exact) mass is 253 g/mol. The molecule has 0 aliphatic carbocycles. The van der Waals surface area contributed by atoms with Crippen LogP contribution in [0.5, 0.6) is 5.75 Å². The van der Waals surface area contributed by atoms with Gasteiger partial charge in [0.15, 0.2) is 0 Å². The SMILES string of the molecule is O=C(O)c1oncc1COc1ccccc1Cl. The van der Waals surface area contributed by atoms with E-state index in [0.29, 0.717) is 16.3 Å². The predicted molar refractivity (Wildman–Crippen MR) is 59.2 cm³/mol. The van der Waals surface area contributed by atoms with E-state index in [0.717, 1.165) is 0 Å². The average Bonchev–Trinajstić information content (AvgIpc) is 2.76. The lowest BCUT2D eigenvalue weighted by Gasteiger charge is -2.05. The topological polar surface area (TPSA) is 72.6 Å². The second kappa shape index (κ2) is 4.88. The molecule has 5 nitrogen and oxygen atoms in total. The summed E-state index contributed by atoms with van der Waals surface area (Å²) in [6.45, 7) is 0.0366. The number of carbonyl (C=O) groups is 1. The van der Waals surface area contributed by atoms with Crippen LogP contribution in [0.25, 0.3) is 0 Å². The number of benzene rings is 1. The molecule has 2 aromatic rings. The lowest BCUT2D eigenvalue weighted by Crippen LogP contribution is -2.02. The molecule has 17 heavy (non-hydrogen) atoms. The molecule has 0 spiro atoms. The van der Waals surface area contributed by atoms with Gasteiger partial charge in [-0.3, -0.25) is 0 Å². The van der Waals surface area contributed by atoms with Crippen LogP contribution in [0.4, 0.5) is 0 Å². The van der Waals surface area contributed by atoms with Crippen LogP contribution < -0.4 is 4.74 Å². The Morgan fingerprint density at radius 1 is 1.47 bits per heavy atom. The highest BCUT2D eigenvalue weighted by Gasteiger charge is 2.16. The quantitative estimate of drug-likeness (QED) is 0.907. The van der Waals surface area contributed by atoms with Crippen LogP contribution in [0.3, 0.4) is 0 Å². The molecule has 0 aliphatic heterocycles. The van der Waals surface area contributed by atoms with Crippen molar-refractivity contribution in [2.45, 2.75) is 6.61 Å². The lowest BCUT2D eigenvalue weighted by molar-refractivity contribution is 0.0648. The van der Waals surface area contributed by atoms with Gasteiger partial charge in [-0.2, -0.15) is 0 Å². The van der Waals surface area contributed by atoms with E-state index in [-0.39, 0.29) is 12.4 Å². The zero-order valence-corrected chi connectivity index (χ0v) is 9.35. The summed E-state index contributed by atoms with van der Waals surface area (Å²) in [5.41, 5.74) is 0.359. The summed E-state index contributed by atoms with van der Waals surface area (Å²) in [5.74, 6) is -0.927. The second-order valence-electron chi connectivity index (χ2n) is 3.20. The summed E-state index contributed by atoms with van der Waals surface area (Å²) in [6.07, 6.45) is 1.31.